The fourth-order valence-electron chi connectivity index (χ4n) is 1.28. The lowest BCUT2D eigenvalue weighted by Gasteiger charge is -2.13. The molecule has 15 heavy (non-hydrogen) atoms. The van der Waals surface area contributed by atoms with Gasteiger partial charge in [0, 0.05) is 38.3 Å². The Morgan fingerprint density at radius 2 is 2.47 bits per heavy atom. The molecule has 0 amide bonds. The molecule has 5 heteroatoms. The molecule has 0 aliphatic carbocycles. The second kappa shape index (κ2) is 6.87. The minimum atomic E-state index is 0.183. The maximum absolute atomic E-state index is 5.59. The zero-order valence-electron chi connectivity index (χ0n) is 9.35. The van der Waals surface area contributed by atoms with Crippen LogP contribution in [0.3, 0.4) is 0 Å². The van der Waals surface area contributed by atoms with E-state index in [9.17, 15) is 0 Å². The Morgan fingerprint density at radius 3 is 3.00 bits per heavy atom. The van der Waals surface area contributed by atoms with Crippen molar-refractivity contribution in [1.29, 1.82) is 0 Å². The molecule has 0 radical (unpaired) electrons. The molecule has 0 aliphatic heterocycles. The Labute approximate surface area is 95.2 Å². The fourth-order valence-corrected chi connectivity index (χ4v) is 2.24. The van der Waals surface area contributed by atoms with Gasteiger partial charge in [0.1, 0.15) is 0 Å². The van der Waals surface area contributed by atoms with Gasteiger partial charge >= 0.3 is 0 Å². The van der Waals surface area contributed by atoms with Crippen molar-refractivity contribution in [2.24, 2.45) is 12.8 Å². The van der Waals surface area contributed by atoms with Gasteiger partial charge in [-0.15, -0.1) is 0 Å². The predicted molar refractivity (Wildman–Crippen MR) is 63.0 cm³/mol. The van der Waals surface area contributed by atoms with E-state index in [1.165, 1.54) is 0 Å². The summed E-state index contributed by atoms with van der Waals surface area (Å²) in [4.78, 5) is 4.24. The Balaban J connectivity index is 2.23. The lowest BCUT2D eigenvalue weighted by Crippen LogP contribution is -2.24. The number of hydrogen-bond donors (Lipinski definition) is 1. The van der Waals surface area contributed by atoms with Crippen LogP contribution in [0.4, 0.5) is 0 Å². The van der Waals surface area contributed by atoms with Gasteiger partial charge in [-0.3, -0.25) is 0 Å². The first-order valence-electron chi connectivity index (χ1n) is 5.19. The molecule has 1 heterocycles. The number of nitrogens with two attached hydrogens (primary N) is 1. The highest BCUT2D eigenvalue weighted by atomic mass is 32.2. The van der Waals surface area contributed by atoms with Crippen LogP contribution in [0.25, 0.3) is 0 Å². The summed E-state index contributed by atoms with van der Waals surface area (Å²) in [5.41, 5.74) is 5.59. The summed E-state index contributed by atoms with van der Waals surface area (Å²) in [5.74, 6) is 0.993. The molecular weight excluding hydrogens is 210 g/mol. The summed E-state index contributed by atoms with van der Waals surface area (Å²) in [5, 5.41) is 1.04. The predicted octanol–water partition coefficient (Wildman–Crippen LogP) is 1.27. The van der Waals surface area contributed by atoms with E-state index in [1.54, 1.807) is 11.8 Å². The van der Waals surface area contributed by atoms with Crippen LogP contribution in [-0.2, 0) is 11.8 Å². The Kier molecular flexibility index (Phi) is 5.75. The standard InChI is InChI=1S/C10H19N3OS/c1-3-14-9(8-11)4-7-15-10-12-5-6-13(10)2/h5-6,9H,3-4,7-8,11H2,1-2H3. The highest BCUT2D eigenvalue weighted by Crippen LogP contribution is 2.16. The molecule has 0 aliphatic rings. The normalized spacial score (nSPS) is 13.0. The SMILES string of the molecule is CCOC(CN)CCSc1nccn1C. The highest BCUT2D eigenvalue weighted by Gasteiger charge is 2.07. The van der Waals surface area contributed by atoms with Gasteiger partial charge in [-0.05, 0) is 13.3 Å². The molecule has 1 atom stereocenters. The highest BCUT2D eigenvalue weighted by molar-refractivity contribution is 7.99. The molecule has 0 saturated carbocycles. The average Bonchev–Trinajstić information content (AvgIpc) is 2.63. The van der Waals surface area contributed by atoms with Crippen LogP contribution in [-0.4, -0.2) is 34.6 Å². The number of nitrogens with zero attached hydrogens (tertiary/aromatic N) is 2. The molecule has 0 saturated heterocycles. The molecule has 0 fully saturated rings. The zero-order valence-corrected chi connectivity index (χ0v) is 10.2. The molecule has 4 nitrogen and oxygen atoms in total. The number of aryl methyl sites for hydroxylation is 1. The molecule has 86 valence electrons. The van der Waals surface area contributed by atoms with E-state index < -0.39 is 0 Å². The summed E-state index contributed by atoms with van der Waals surface area (Å²) in [7, 11) is 2.00. The van der Waals surface area contributed by atoms with E-state index in [-0.39, 0.29) is 6.10 Å². The molecular formula is C10H19N3OS. The Morgan fingerprint density at radius 1 is 1.67 bits per heavy atom. The number of ether oxygens (including phenoxy) is 1. The number of imidazole rings is 1. The van der Waals surface area contributed by atoms with Crippen LogP contribution in [0.2, 0.25) is 0 Å². The minimum absolute atomic E-state index is 0.183. The topological polar surface area (TPSA) is 53.1 Å². The first kappa shape index (κ1) is 12.5. The molecule has 0 aromatic carbocycles. The molecule has 1 unspecified atom stereocenters. The summed E-state index contributed by atoms with van der Waals surface area (Å²) < 4.78 is 7.49. The van der Waals surface area contributed by atoms with Crippen molar-refractivity contribution in [2.75, 3.05) is 18.9 Å². The van der Waals surface area contributed by atoms with Crippen molar-refractivity contribution >= 4 is 11.8 Å². The second-order valence-corrected chi connectivity index (χ2v) is 4.33. The average molecular weight is 229 g/mol. The monoisotopic (exact) mass is 229 g/mol. The molecule has 0 bridgehead atoms. The Bertz CT molecular complexity index is 277. The van der Waals surface area contributed by atoms with E-state index in [0.717, 1.165) is 23.9 Å². The Hall–Kier alpha value is -0.520. The third-order valence-electron chi connectivity index (χ3n) is 2.11. The summed E-state index contributed by atoms with van der Waals surface area (Å²) in [6.07, 6.45) is 4.92. The van der Waals surface area contributed by atoms with Crippen LogP contribution < -0.4 is 5.73 Å². The molecule has 0 spiro atoms. The summed E-state index contributed by atoms with van der Waals surface area (Å²) >= 11 is 1.74. The molecule has 1 aromatic rings. The van der Waals surface area contributed by atoms with Crippen molar-refractivity contribution in [1.82, 2.24) is 9.55 Å². The second-order valence-electron chi connectivity index (χ2n) is 3.27. The van der Waals surface area contributed by atoms with Gasteiger partial charge in [-0.25, -0.2) is 4.98 Å². The maximum Gasteiger partial charge on any atom is 0.167 e. The first-order valence-corrected chi connectivity index (χ1v) is 6.18. The first-order chi connectivity index (χ1) is 7.27. The van der Waals surface area contributed by atoms with E-state index in [0.29, 0.717) is 6.54 Å². The summed E-state index contributed by atoms with van der Waals surface area (Å²) in [6, 6.07) is 0. The van der Waals surface area contributed by atoms with Crippen LogP contribution in [0, 0.1) is 0 Å². The number of hydrogen-bond acceptors (Lipinski definition) is 4. The lowest BCUT2D eigenvalue weighted by atomic mass is 10.3. The lowest BCUT2D eigenvalue weighted by molar-refractivity contribution is 0.0674. The van der Waals surface area contributed by atoms with Gasteiger partial charge in [0.05, 0.1) is 6.10 Å². The van der Waals surface area contributed by atoms with Crippen LogP contribution in [0.1, 0.15) is 13.3 Å². The van der Waals surface area contributed by atoms with Crippen molar-refractivity contribution in [3.05, 3.63) is 12.4 Å². The third kappa shape index (κ3) is 4.24. The largest absolute Gasteiger partial charge is 0.377 e. The summed E-state index contributed by atoms with van der Waals surface area (Å²) in [6.45, 7) is 3.32. The molecule has 1 aromatic heterocycles. The smallest absolute Gasteiger partial charge is 0.167 e. The van der Waals surface area contributed by atoms with Crippen molar-refractivity contribution < 1.29 is 4.74 Å². The molecule has 2 N–H and O–H groups in total. The van der Waals surface area contributed by atoms with Gasteiger partial charge in [-0.1, -0.05) is 11.8 Å². The van der Waals surface area contributed by atoms with E-state index in [1.807, 2.05) is 30.9 Å². The number of aromatic nitrogens is 2. The number of thioether (sulfide) groups is 1. The van der Waals surface area contributed by atoms with Gasteiger partial charge in [0.15, 0.2) is 5.16 Å². The zero-order chi connectivity index (χ0) is 11.1. The van der Waals surface area contributed by atoms with Gasteiger partial charge in [0.2, 0.25) is 0 Å². The third-order valence-corrected chi connectivity index (χ3v) is 3.20. The molecule has 1 rings (SSSR count). The maximum atomic E-state index is 5.59. The van der Waals surface area contributed by atoms with E-state index in [2.05, 4.69) is 4.98 Å². The van der Waals surface area contributed by atoms with Crippen LogP contribution in [0.15, 0.2) is 17.6 Å². The van der Waals surface area contributed by atoms with Gasteiger partial charge in [-0.2, -0.15) is 0 Å². The van der Waals surface area contributed by atoms with Crippen LogP contribution in [0.5, 0.6) is 0 Å². The van der Waals surface area contributed by atoms with Crippen molar-refractivity contribution in [2.45, 2.75) is 24.6 Å². The number of rotatable bonds is 7. The quantitative estimate of drug-likeness (QED) is 0.715. The van der Waals surface area contributed by atoms with Gasteiger partial charge < -0.3 is 15.0 Å². The van der Waals surface area contributed by atoms with Crippen molar-refractivity contribution in [3.8, 4) is 0 Å². The minimum Gasteiger partial charge on any atom is -0.377 e. The van der Waals surface area contributed by atoms with Gasteiger partial charge in [0.25, 0.3) is 0 Å². The van der Waals surface area contributed by atoms with Crippen molar-refractivity contribution in [3.63, 3.8) is 0 Å². The van der Waals surface area contributed by atoms with Crippen LogP contribution >= 0.6 is 11.8 Å². The van der Waals surface area contributed by atoms with E-state index >= 15 is 0 Å². The fraction of sp³-hybridized carbons (Fsp3) is 0.700. The van der Waals surface area contributed by atoms with E-state index in [4.69, 9.17) is 10.5 Å².